The molecule has 5 heteroatoms. The van der Waals surface area contributed by atoms with Crippen molar-refractivity contribution in [1.29, 1.82) is 0 Å². The van der Waals surface area contributed by atoms with Gasteiger partial charge in [-0.3, -0.25) is 14.4 Å². The molecule has 3 atom stereocenters. The highest BCUT2D eigenvalue weighted by molar-refractivity contribution is 6.11. The molecule has 2 N–H and O–H groups in total. The Morgan fingerprint density at radius 2 is 1.47 bits per heavy atom. The fourth-order valence-corrected chi connectivity index (χ4v) is 7.44. The Labute approximate surface area is 188 Å². The summed E-state index contributed by atoms with van der Waals surface area (Å²) < 4.78 is 0. The molecular weight excluding hydrogens is 400 g/mol. The average molecular weight is 429 g/mol. The largest absolute Gasteiger partial charge is 0.347 e. The minimum atomic E-state index is -0.694. The van der Waals surface area contributed by atoms with E-state index >= 15 is 0 Å². The van der Waals surface area contributed by atoms with E-state index < -0.39 is 11.5 Å². The lowest BCUT2D eigenvalue weighted by Gasteiger charge is -2.61. The van der Waals surface area contributed by atoms with Crippen LogP contribution in [0.4, 0.5) is 0 Å². The number of nitrogens with one attached hydrogen (secondary N) is 2. The normalized spacial score (nSPS) is 35.5. The zero-order valence-corrected chi connectivity index (χ0v) is 18.1. The summed E-state index contributed by atoms with van der Waals surface area (Å²) in [6.45, 7) is 0. The highest BCUT2D eigenvalue weighted by atomic mass is 16.2. The molecule has 164 valence electrons. The van der Waals surface area contributed by atoms with E-state index in [-0.39, 0.29) is 23.1 Å². The maximum Gasteiger partial charge on any atom is 0.252 e. The van der Waals surface area contributed by atoms with Gasteiger partial charge in [-0.15, -0.1) is 0 Å². The van der Waals surface area contributed by atoms with Crippen LogP contribution in [0.15, 0.2) is 54.6 Å². The van der Waals surface area contributed by atoms with Crippen molar-refractivity contribution in [2.45, 2.75) is 56.5 Å². The lowest BCUT2D eigenvalue weighted by molar-refractivity contribution is -0.150. The van der Waals surface area contributed by atoms with Crippen molar-refractivity contribution in [3.05, 3.63) is 71.3 Å². The van der Waals surface area contributed by atoms with Gasteiger partial charge in [0, 0.05) is 17.5 Å². The van der Waals surface area contributed by atoms with E-state index in [2.05, 4.69) is 10.6 Å². The Morgan fingerprint density at radius 1 is 0.812 bits per heavy atom. The summed E-state index contributed by atoms with van der Waals surface area (Å²) in [7, 11) is 0. The molecule has 0 saturated heterocycles. The first kappa shape index (κ1) is 19.7. The maximum atomic E-state index is 13.8. The Hall–Kier alpha value is -2.95. The number of carbonyl (C=O) groups excluding carboxylic acids is 3. The average Bonchev–Trinajstić information content (AvgIpc) is 2.77. The van der Waals surface area contributed by atoms with Crippen LogP contribution in [-0.2, 0) is 11.2 Å². The summed E-state index contributed by atoms with van der Waals surface area (Å²) in [4.78, 5) is 41.0. The van der Waals surface area contributed by atoms with E-state index in [1.165, 1.54) is 0 Å². The molecule has 32 heavy (non-hydrogen) atoms. The molecule has 0 aromatic heterocycles. The topological polar surface area (TPSA) is 75.3 Å². The second-order valence-corrected chi connectivity index (χ2v) is 10.6. The molecule has 4 fully saturated rings. The summed E-state index contributed by atoms with van der Waals surface area (Å²) in [5, 5.41) is 6.52. The third-order valence-electron chi connectivity index (χ3n) is 8.26. The molecule has 2 unspecified atom stereocenters. The van der Waals surface area contributed by atoms with Crippen LogP contribution in [0.1, 0.15) is 64.8 Å². The number of rotatable bonds is 2. The monoisotopic (exact) mass is 428 g/mol. The van der Waals surface area contributed by atoms with E-state index in [0.29, 0.717) is 35.8 Å². The van der Waals surface area contributed by atoms with E-state index in [0.717, 1.165) is 37.7 Å². The Balaban J connectivity index is 1.46. The SMILES string of the molecule is O=C1NC23CC4CC(C2)CC(C4)(C3)C(=O)N[C@H](Cc2ccccc2)C(=O)c2ccccc21. The number of benzene rings is 2. The summed E-state index contributed by atoms with van der Waals surface area (Å²) in [5.74, 6) is 0.541. The molecule has 5 aliphatic rings. The van der Waals surface area contributed by atoms with E-state index in [1.54, 1.807) is 24.3 Å². The van der Waals surface area contributed by atoms with Gasteiger partial charge in [-0.25, -0.2) is 0 Å². The van der Waals surface area contributed by atoms with Gasteiger partial charge < -0.3 is 10.6 Å². The van der Waals surface area contributed by atoms with E-state index in [1.807, 2.05) is 30.3 Å². The number of Topliss-reactive ketones (excluding diaryl/α,β-unsaturated/α-hetero) is 1. The highest BCUT2D eigenvalue weighted by Crippen LogP contribution is 2.61. The molecular formula is C27H28N2O3. The first-order valence-corrected chi connectivity index (χ1v) is 11.8. The van der Waals surface area contributed by atoms with Gasteiger partial charge in [-0.1, -0.05) is 48.5 Å². The fourth-order valence-electron chi connectivity index (χ4n) is 7.44. The fraction of sp³-hybridized carbons (Fsp3) is 0.444. The van der Waals surface area contributed by atoms with Gasteiger partial charge in [-0.2, -0.15) is 0 Å². The van der Waals surface area contributed by atoms with Crippen molar-refractivity contribution >= 4 is 17.6 Å². The third kappa shape index (κ3) is 3.09. The smallest absolute Gasteiger partial charge is 0.252 e. The van der Waals surface area contributed by atoms with Crippen LogP contribution in [0, 0.1) is 17.3 Å². The van der Waals surface area contributed by atoms with Crippen LogP contribution >= 0.6 is 0 Å². The molecule has 2 spiro atoms. The number of carbonyl (C=O) groups is 3. The van der Waals surface area contributed by atoms with Crippen molar-refractivity contribution in [1.82, 2.24) is 10.6 Å². The first-order valence-electron chi connectivity index (χ1n) is 11.8. The minimum Gasteiger partial charge on any atom is -0.347 e. The number of hydrogen-bond donors (Lipinski definition) is 2. The molecule has 4 aliphatic carbocycles. The van der Waals surface area contributed by atoms with Crippen LogP contribution in [0.5, 0.6) is 0 Å². The molecule has 0 radical (unpaired) electrons. The molecule has 2 aromatic rings. The summed E-state index contributed by atoms with van der Waals surface area (Å²) in [5.41, 5.74) is 0.967. The molecule has 1 heterocycles. The summed E-state index contributed by atoms with van der Waals surface area (Å²) in [6.07, 6.45) is 5.85. The van der Waals surface area contributed by atoms with Crippen molar-refractivity contribution < 1.29 is 14.4 Å². The van der Waals surface area contributed by atoms with Gasteiger partial charge in [0.05, 0.1) is 17.0 Å². The standard InChI is InChI=1S/C27H28N2O3/c30-23-20-8-4-5-9-21(20)24(31)29-27-14-18-10-19(15-27)13-26(12-18,16-27)25(32)28-22(23)11-17-6-2-1-3-7-17/h1-9,18-19,22H,10-16H2,(H,28,32)(H,29,31)/t18?,19?,22-,26?,27?/m1/s1. The number of hydrogen-bond acceptors (Lipinski definition) is 3. The number of ketones is 1. The molecule has 2 aromatic carbocycles. The highest BCUT2D eigenvalue weighted by Gasteiger charge is 2.61. The zero-order valence-electron chi connectivity index (χ0n) is 18.1. The quantitative estimate of drug-likeness (QED) is 0.766. The number of amides is 2. The van der Waals surface area contributed by atoms with Gasteiger partial charge >= 0.3 is 0 Å². The van der Waals surface area contributed by atoms with Gasteiger partial charge in [-0.05, 0) is 62.0 Å². The third-order valence-corrected chi connectivity index (χ3v) is 8.26. The van der Waals surface area contributed by atoms with E-state index in [4.69, 9.17) is 0 Å². The minimum absolute atomic E-state index is 0.00103. The molecule has 4 saturated carbocycles. The lowest BCUT2D eigenvalue weighted by atomic mass is 9.46. The predicted molar refractivity (Wildman–Crippen MR) is 120 cm³/mol. The van der Waals surface area contributed by atoms with Crippen LogP contribution in [0.25, 0.3) is 0 Å². The van der Waals surface area contributed by atoms with Gasteiger partial charge in [0.2, 0.25) is 5.91 Å². The summed E-state index contributed by atoms with van der Waals surface area (Å²) in [6, 6.07) is 16.1. The van der Waals surface area contributed by atoms with Crippen LogP contribution < -0.4 is 10.6 Å². The van der Waals surface area contributed by atoms with Crippen LogP contribution in [0.2, 0.25) is 0 Å². The molecule has 7 rings (SSSR count). The zero-order chi connectivity index (χ0) is 21.9. The summed E-state index contributed by atoms with van der Waals surface area (Å²) >= 11 is 0. The van der Waals surface area contributed by atoms with Crippen molar-refractivity contribution in [3.8, 4) is 0 Å². The molecule has 1 aliphatic heterocycles. The molecule has 5 nitrogen and oxygen atoms in total. The maximum absolute atomic E-state index is 13.8. The second kappa shape index (κ2) is 7.03. The lowest BCUT2D eigenvalue weighted by Crippen LogP contribution is -2.66. The molecule has 4 bridgehead atoms. The van der Waals surface area contributed by atoms with Crippen molar-refractivity contribution in [3.63, 3.8) is 0 Å². The Kier molecular flexibility index (Phi) is 4.33. The predicted octanol–water partition coefficient (Wildman–Crippen LogP) is 3.68. The Morgan fingerprint density at radius 3 is 2.19 bits per heavy atom. The Bertz CT molecular complexity index is 1090. The first-order chi connectivity index (χ1) is 15.5. The van der Waals surface area contributed by atoms with Gasteiger partial charge in [0.25, 0.3) is 5.91 Å². The van der Waals surface area contributed by atoms with Crippen molar-refractivity contribution in [2.24, 2.45) is 17.3 Å². The van der Waals surface area contributed by atoms with Crippen molar-refractivity contribution in [2.75, 3.05) is 0 Å². The van der Waals surface area contributed by atoms with Gasteiger partial charge in [0.1, 0.15) is 0 Å². The number of fused-ring (bicyclic) bond motifs is 1. The second-order valence-electron chi connectivity index (χ2n) is 10.6. The van der Waals surface area contributed by atoms with Crippen LogP contribution in [-0.4, -0.2) is 29.2 Å². The molecule has 2 amide bonds. The van der Waals surface area contributed by atoms with E-state index in [9.17, 15) is 14.4 Å². The van der Waals surface area contributed by atoms with Gasteiger partial charge in [0.15, 0.2) is 5.78 Å². The van der Waals surface area contributed by atoms with Crippen LogP contribution in [0.3, 0.4) is 0 Å².